The molecule has 0 atom stereocenters. The van der Waals surface area contributed by atoms with E-state index in [0.29, 0.717) is 5.75 Å². The molecule has 7 nitrogen and oxygen atoms in total. The fourth-order valence-electron chi connectivity index (χ4n) is 2.52. The first-order valence-electron chi connectivity index (χ1n) is 8.52. The average Bonchev–Trinajstić information content (AvgIpc) is 2.69. The highest BCUT2D eigenvalue weighted by atomic mass is 32.2. The van der Waals surface area contributed by atoms with Gasteiger partial charge in [0.2, 0.25) is 10.0 Å². The lowest BCUT2D eigenvalue weighted by molar-refractivity contribution is -0.131. The summed E-state index contributed by atoms with van der Waals surface area (Å²) in [6.07, 6.45) is -2.30. The first kappa shape index (κ1) is 23.2. The van der Waals surface area contributed by atoms with Crippen molar-refractivity contribution in [1.29, 1.82) is 0 Å². The molecule has 0 fully saturated rings. The lowest BCUT2D eigenvalue weighted by Crippen LogP contribution is -2.34. The highest BCUT2D eigenvalue weighted by Gasteiger charge is 2.21. The molecule has 0 saturated heterocycles. The van der Waals surface area contributed by atoms with Crippen molar-refractivity contribution in [3.05, 3.63) is 59.4 Å². The van der Waals surface area contributed by atoms with Gasteiger partial charge in [0.15, 0.2) is 5.78 Å². The number of nitrogens with zero attached hydrogens (tertiary/aromatic N) is 1. The van der Waals surface area contributed by atoms with Gasteiger partial charge in [0.05, 0.1) is 32.1 Å². The van der Waals surface area contributed by atoms with Crippen molar-refractivity contribution in [2.75, 3.05) is 24.2 Å². The maximum atomic E-state index is 14.5. The third-order valence-electron chi connectivity index (χ3n) is 4.05. The zero-order valence-corrected chi connectivity index (χ0v) is 16.9. The summed E-state index contributed by atoms with van der Waals surface area (Å²) in [5, 5.41) is 1.74. The maximum absolute atomic E-state index is 14.5. The highest BCUT2D eigenvalue weighted by Crippen LogP contribution is 2.26. The predicted octanol–water partition coefficient (Wildman–Crippen LogP) is 2.36. The van der Waals surface area contributed by atoms with E-state index in [1.54, 1.807) is 17.4 Å². The van der Waals surface area contributed by atoms with Crippen molar-refractivity contribution in [3.8, 4) is 5.75 Å². The van der Waals surface area contributed by atoms with Crippen LogP contribution in [0.25, 0.3) is 0 Å². The summed E-state index contributed by atoms with van der Waals surface area (Å²) in [4.78, 5) is 22.8. The molecule has 11 heteroatoms. The lowest BCUT2D eigenvalue weighted by atomic mass is 10.1. The molecule has 2 aromatic rings. The van der Waals surface area contributed by atoms with Crippen LogP contribution >= 0.6 is 0 Å². The summed E-state index contributed by atoms with van der Waals surface area (Å²) in [7, 11) is -2.37. The van der Waals surface area contributed by atoms with Crippen LogP contribution in [0.1, 0.15) is 15.9 Å². The molecule has 0 aliphatic heterocycles. The van der Waals surface area contributed by atoms with Crippen LogP contribution in [0.15, 0.2) is 42.5 Å². The number of benzene rings is 2. The number of alkyl halides is 2. The van der Waals surface area contributed by atoms with Gasteiger partial charge < -0.3 is 10.1 Å². The summed E-state index contributed by atoms with van der Waals surface area (Å²) in [5.74, 6) is -2.84. The van der Waals surface area contributed by atoms with Crippen molar-refractivity contribution in [1.82, 2.24) is 5.32 Å². The van der Waals surface area contributed by atoms with Crippen LogP contribution < -0.4 is 14.4 Å². The molecule has 0 unspecified atom stereocenters. The predicted molar refractivity (Wildman–Crippen MR) is 104 cm³/mol. The van der Waals surface area contributed by atoms with Gasteiger partial charge in [-0.1, -0.05) is 18.2 Å². The quantitative estimate of drug-likeness (QED) is 0.600. The second-order valence-corrected chi connectivity index (χ2v) is 8.13. The summed E-state index contributed by atoms with van der Waals surface area (Å²) in [5.41, 5.74) is 0.0839. The molecule has 0 heterocycles. The number of halogens is 3. The Morgan fingerprint density at radius 2 is 1.87 bits per heavy atom. The second-order valence-electron chi connectivity index (χ2n) is 6.22. The molecule has 30 heavy (non-hydrogen) atoms. The summed E-state index contributed by atoms with van der Waals surface area (Å²) < 4.78 is 69.4. The Kier molecular flexibility index (Phi) is 7.43. The van der Waals surface area contributed by atoms with E-state index >= 15 is 0 Å². The molecule has 2 rings (SSSR count). The molecule has 0 aromatic heterocycles. The van der Waals surface area contributed by atoms with Crippen molar-refractivity contribution in [3.63, 3.8) is 0 Å². The number of sulfonamides is 1. The monoisotopic (exact) mass is 444 g/mol. The number of ether oxygens (including phenoxy) is 1. The smallest absolute Gasteiger partial charge is 0.315 e. The molecule has 1 N–H and O–H groups in total. The minimum Gasteiger partial charge on any atom is -0.497 e. The van der Waals surface area contributed by atoms with Gasteiger partial charge in [0.25, 0.3) is 5.91 Å². The number of Topliss-reactive ketones (excluding diaryl/α,β-unsaturated/α-hetero) is 1. The van der Waals surface area contributed by atoms with Crippen molar-refractivity contribution in [2.24, 2.45) is 0 Å². The minimum atomic E-state index is -3.79. The van der Waals surface area contributed by atoms with E-state index in [2.05, 4.69) is 0 Å². The maximum Gasteiger partial charge on any atom is 0.315 e. The summed E-state index contributed by atoms with van der Waals surface area (Å²) in [6.45, 7) is -1.07. The number of hydrogen-bond acceptors (Lipinski definition) is 5. The normalized spacial score (nSPS) is 11.3. The van der Waals surface area contributed by atoms with Gasteiger partial charge in [-0.2, -0.15) is 8.78 Å². The Morgan fingerprint density at radius 1 is 1.17 bits per heavy atom. The van der Waals surface area contributed by atoms with E-state index < -0.39 is 40.5 Å². The first-order chi connectivity index (χ1) is 14.0. The second kappa shape index (κ2) is 9.61. The number of hydrogen-bond donors (Lipinski definition) is 1. The zero-order chi connectivity index (χ0) is 22.5. The van der Waals surface area contributed by atoms with Crippen molar-refractivity contribution in [2.45, 2.75) is 13.0 Å². The molecule has 0 aliphatic rings. The zero-order valence-electron chi connectivity index (χ0n) is 16.1. The molecular formula is C19H19F3N2O5S. The van der Waals surface area contributed by atoms with E-state index in [4.69, 9.17) is 4.74 Å². The van der Waals surface area contributed by atoms with E-state index in [-0.39, 0.29) is 23.4 Å². The number of methoxy groups -OCH3 is 1. The van der Waals surface area contributed by atoms with Gasteiger partial charge >= 0.3 is 6.43 Å². The standard InChI is InChI=1S/C19H19F3N2O5S/c1-29-15-5-3-4-14(9-15)24(30(2,27)28)11-13-7-6-12(8-16(13)20)17(25)10-23-19(26)18(21)22/h3-9,18H,10-11H2,1-2H3,(H,23,26). The molecule has 0 radical (unpaired) electrons. The summed E-state index contributed by atoms with van der Waals surface area (Å²) >= 11 is 0. The molecule has 0 saturated carbocycles. The van der Waals surface area contributed by atoms with Crippen molar-refractivity contribution >= 4 is 27.4 Å². The number of carbonyl (C=O) groups excluding carboxylic acids is 2. The highest BCUT2D eigenvalue weighted by molar-refractivity contribution is 7.92. The van der Waals surface area contributed by atoms with Gasteiger partial charge in [-0.25, -0.2) is 12.8 Å². The van der Waals surface area contributed by atoms with Gasteiger partial charge in [0, 0.05) is 17.2 Å². The third-order valence-corrected chi connectivity index (χ3v) is 5.19. The Morgan fingerprint density at radius 3 is 2.43 bits per heavy atom. The number of rotatable bonds is 9. The lowest BCUT2D eigenvalue weighted by Gasteiger charge is -2.23. The van der Waals surface area contributed by atoms with E-state index in [9.17, 15) is 31.2 Å². The number of ketones is 1. The molecule has 2 aromatic carbocycles. The van der Waals surface area contributed by atoms with Gasteiger partial charge in [-0.3, -0.25) is 13.9 Å². The van der Waals surface area contributed by atoms with Crippen LogP contribution in [0, 0.1) is 5.82 Å². The Labute approximate surface area is 171 Å². The SMILES string of the molecule is COc1cccc(N(Cc2ccc(C(=O)CNC(=O)C(F)F)cc2F)S(C)(=O)=O)c1. The Hall–Kier alpha value is -3.08. The average molecular weight is 444 g/mol. The van der Waals surface area contributed by atoms with Crippen molar-refractivity contribution < 1.29 is 35.9 Å². The molecule has 1 amide bonds. The Balaban J connectivity index is 2.24. The number of nitrogens with one attached hydrogen (secondary N) is 1. The fourth-order valence-corrected chi connectivity index (χ4v) is 3.39. The van der Waals surface area contributed by atoms with Gasteiger partial charge in [-0.05, 0) is 18.2 Å². The van der Waals surface area contributed by atoms with Gasteiger partial charge in [0.1, 0.15) is 11.6 Å². The Bertz CT molecular complexity index is 1040. The third kappa shape index (κ3) is 5.96. The van der Waals surface area contributed by atoms with E-state index in [1.807, 2.05) is 0 Å². The van der Waals surface area contributed by atoms with E-state index in [0.717, 1.165) is 16.6 Å². The van der Waals surface area contributed by atoms with Crippen LogP contribution in [0.3, 0.4) is 0 Å². The summed E-state index contributed by atoms with van der Waals surface area (Å²) in [6, 6.07) is 9.50. The van der Waals surface area contributed by atoms with E-state index in [1.165, 1.54) is 31.4 Å². The van der Waals surface area contributed by atoms with Crippen LogP contribution in [-0.2, 0) is 21.4 Å². The first-order valence-corrected chi connectivity index (χ1v) is 10.4. The minimum absolute atomic E-state index is 0.0172. The van der Waals surface area contributed by atoms with Gasteiger partial charge in [-0.15, -0.1) is 0 Å². The van der Waals surface area contributed by atoms with Crippen LogP contribution in [-0.4, -0.2) is 46.4 Å². The molecule has 162 valence electrons. The number of anilines is 1. The molecule has 0 aliphatic carbocycles. The number of amides is 1. The fraction of sp³-hybridized carbons (Fsp3) is 0.263. The van der Waals surface area contributed by atoms with Crippen LogP contribution in [0.5, 0.6) is 5.75 Å². The van der Waals surface area contributed by atoms with Crippen LogP contribution in [0.4, 0.5) is 18.9 Å². The molecular weight excluding hydrogens is 425 g/mol. The molecule has 0 bridgehead atoms. The molecule has 0 spiro atoms. The van der Waals surface area contributed by atoms with Crippen LogP contribution in [0.2, 0.25) is 0 Å². The number of carbonyl (C=O) groups is 2. The topological polar surface area (TPSA) is 92.8 Å². The largest absolute Gasteiger partial charge is 0.497 e.